The third-order valence-corrected chi connectivity index (χ3v) is 3.31. The van der Waals surface area contributed by atoms with Crippen LogP contribution in [0, 0.1) is 0 Å². The van der Waals surface area contributed by atoms with Crippen molar-refractivity contribution in [2.75, 3.05) is 26.2 Å². The van der Waals surface area contributed by atoms with Gasteiger partial charge in [-0.25, -0.2) is 0 Å². The topological polar surface area (TPSA) is 43.7 Å². The van der Waals surface area contributed by atoms with Gasteiger partial charge in [0.1, 0.15) is 0 Å². The molecular weight excluding hydrogens is 214 g/mol. The Morgan fingerprint density at radius 1 is 0.882 bits per heavy atom. The molecule has 0 rings (SSSR count). The van der Waals surface area contributed by atoms with Gasteiger partial charge in [-0.1, -0.05) is 46.0 Å². The molecule has 0 aromatic rings. The molecule has 0 aromatic heterocycles. The quantitative estimate of drug-likeness (QED) is 0.519. The zero-order chi connectivity index (χ0) is 12.9. The Hall–Kier alpha value is -0.120. The molecule has 0 fully saturated rings. The molecule has 3 nitrogen and oxygen atoms in total. The van der Waals surface area contributed by atoms with Crippen molar-refractivity contribution in [3.8, 4) is 0 Å². The maximum Gasteiger partial charge on any atom is 0.0667 e. The summed E-state index contributed by atoms with van der Waals surface area (Å²) >= 11 is 0. The standard InChI is InChI=1S/C14H31NO2/c1-3-15(4-2)13-14(17)11-9-7-5-6-8-10-12-16/h14,16-17H,3-13H2,1-2H3. The van der Waals surface area contributed by atoms with Crippen LogP contribution in [0.4, 0.5) is 0 Å². The highest BCUT2D eigenvalue weighted by molar-refractivity contribution is 4.62. The van der Waals surface area contributed by atoms with Crippen molar-refractivity contribution >= 4 is 0 Å². The number of aliphatic hydroxyl groups is 2. The number of nitrogens with zero attached hydrogens (tertiary/aromatic N) is 1. The fraction of sp³-hybridized carbons (Fsp3) is 1.00. The van der Waals surface area contributed by atoms with E-state index in [0.29, 0.717) is 6.61 Å². The van der Waals surface area contributed by atoms with Gasteiger partial charge in [-0.15, -0.1) is 0 Å². The van der Waals surface area contributed by atoms with Crippen molar-refractivity contribution in [1.82, 2.24) is 4.90 Å². The Kier molecular flexibility index (Phi) is 12.3. The first-order chi connectivity index (χ1) is 8.24. The Balaban J connectivity index is 3.29. The van der Waals surface area contributed by atoms with Gasteiger partial charge in [-0.2, -0.15) is 0 Å². The number of aliphatic hydroxyl groups excluding tert-OH is 2. The summed E-state index contributed by atoms with van der Waals surface area (Å²) in [4.78, 5) is 2.27. The lowest BCUT2D eigenvalue weighted by Gasteiger charge is -2.21. The third kappa shape index (κ3) is 10.7. The van der Waals surface area contributed by atoms with Gasteiger partial charge < -0.3 is 15.1 Å². The van der Waals surface area contributed by atoms with E-state index in [1.807, 2.05) is 0 Å². The van der Waals surface area contributed by atoms with Gasteiger partial charge in [0.25, 0.3) is 0 Å². The highest BCUT2D eigenvalue weighted by Gasteiger charge is 2.08. The van der Waals surface area contributed by atoms with E-state index in [9.17, 15) is 5.11 Å². The van der Waals surface area contributed by atoms with E-state index in [-0.39, 0.29) is 6.10 Å². The summed E-state index contributed by atoms with van der Waals surface area (Å²) in [5.74, 6) is 0. The zero-order valence-electron chi connectivity index (χ0n) is 11.7. The molecule has 1 unspecified atom stereocenters. The van der Waals surface area contributed by atoms with Gasteiger partial charge in [0.2, 0.25) is 0 Å². The third-order valence-electron chi connectivity index (χ3n) is 3.31. The van der Waals surface area contributed by atoms with E-state index in [1.54, 1.807) is 0 Å². The SMILES string of the molecule is CCN(CC)CC(O)CCCCCCCCO. The Morgan fingerprint density at radius 3 is 1.94 bits per heavy atom. The average molecular weight is 245 g/mol. The summed E-state index contributed by atoms with van der Waals surface area (Å²) in [6, 6.07) is 0. The summed E-state index contributed by atoms with van der Waals surface area (Å²) in [6.07, 6.45) is 7.62. The van der Waals surface area contributed by atoms with Crippen LogP contribution in [0.5, 0.6) is 0 Å². The lowest BCUT2D eigenvalue weighted by molar-refractivity contribution is 0.108. The molecule has 0 aliphatic carbocycles. The molecule has 1 atom stereocenters. The smallest absolute Gasteiger partial charge is 0.0667 e. The fourth-order valence-corrected chi connectivity index (χ4v) is 2.07. The summed E-state index contributed by atoms with van der Waals surface area (Å²) in [6.45, 7) is 7.46. The number of unbranched alkanes of at least 4 members (excludes halogenated alkanes) is 5. The van der Waals surface area contributed by atoms with Crippen LogP contribution in [-0.2, 0) is 0 Å². The highest BCUT2D eigenvalue weighted by Crippen LogP contribution is 2.09. The minimum Gasteiger partial charge on any atom is -0.396 e. The normalized spacial score (nSPS) is 13.2. The van der Waals surface area contributed by atoms with E-state index in [0.717, 1.165) is 45.3 Å². The predicted octanol–water partition coefficient (Wildman–Crippen LogP) is 2.41. The van der Waals surface area contributed by atoms with E-state index >= 15 is 0 Å². The zero-order valence-corrected chi connectivity index (χ0v) is 11.7. The summed E-state index contributed by atoms with van der Waals surface area (Å²) in [5.41, 5.74) is 0. The molecule has 17 heavy (non-hydrogen) atoms. The predicted molar refractivity (Wildman–Crippen MR) is 73.2 cm³/mol. The monoisotopic (exact) mass is 245 g/mol. The maximum absolute atomic E-state index is 9.85. The molecule has 3 heteroatoms. The number of rotatable bonds is 12. The molecule has 0 saturated heterocycles. The average Bonchev–Trinajstić information content (AvgIpc) is 2.34. The number of hydrogen-bond acceptors (Lipinski definition) is 3. The lowest BCUT2D eigenvalue weighted by atomic mass is 10.1. The molecule has 0 amide bonds. The Bertz CT molecular complexity index is 149. The van der Waals surface area contributed by atoms with Gasteiger partial charge in [0, 0.05) is 13.2 Å². The van der Waals surface area contributed by atoms with E-state index in [2.05, 4.69) is 18.7 Å². The van der Waals surface area contributed by atoms with Crippen molar-refractivity contribution in [3.05, 3.63) is 0 Å². The van der Waals surface area contributed by atoms with E-state index < -0.39 is 0 Å². The lowest BCUT2D eigenvalue weighted by Crippen LogP contribution is -2.32. The minimum atomic E-state index is -0.160. The first kappa shape index (κ1) is 16.9. The molecule has 0 aliphatic heterocycles. The molecule has 104 valence electrons. The van der Waals surface area contributed by atoms with E-state index in [4.69, 9.17) is 5.11 Å². The largest absolute Gasteiger partial charge is 0.396 e. The van der Waals surface area contributed by atoms with Gasteiger partial charge in [0.05, 0.1) is 6.10 Å². The van der Waals surface area contributed by atoms with Crippen LogP contribution in [-0.4, -0.2) is 47.5 Å². The molecule has 2 N–H and O–H groups in total. The summed E-state index contributed by atoms with van der Waals surface area (Å²) < 4.78 is 0. The van der Waals surface area contributed by atoms with Gasteiger partial charge in [-0.3, -0.25) is 0 Å². The summed E-state index contributed by atoms with van der Waals surface area (Å²) in [5, 5.41) is 18.5. The summed E-state index contributed by atoms with van der Waals surface area (Å²) in [7, 11) is 0. The number of likely N-dealkylation sites (N-methyl/N-ethyl adjacent to an activating group) is 1. The van der Waals surface area contributed by atoms with Crippen molar-refractivity contribution in [3.63, 3.8) is 0 Å². The molecule has 0 bridgehead atoms. The molecule has 0 aromatic carbocycles. The van der Waals surface area contributed by atoms with Crippen LogP contribution < -0.4 is 0 Å². The minimum absolute atomic E-state index is 0.160. The van der Waals surface area contributed by atoms with Crippen molar-refractivity contribution in [2.45, 2.75) is 64.9 Å². The van der Waals surface area contributed by atoms with Gasteiger partial charge >= 0.3 is 0 Å². The van der Waals surface area contributed by atoms with Gasteiger partial charge in [-0.05, 0) is 25.9 Å². The molecule has 0 aliphatic rings. The first-order valence-electron chi connectivity index (χ1n) is 7.25. The molecule has 0 spiro atoms. The Morgan fingerprint density at radius 2 is 1.41 bits per heavy atom. The van der Waals surface area contributed by atoms with Crippen molar-refractivity contribution in [2.24, 2.45) is 0 Å². The van der Waals surface area contributed by atoms with Crippen LogP contribution in [0.2, 0.25) is 0 Å². The van der Waals surface area contributed by atoms with Crippen LogP contribution in [0.1, 0.15) is 58.8 Å². The maximum atomic E-state index is 9.85. The van der Waals surface area contributed by atoms with Crippen LogP contribution in [0.25, 0.3) is 0 Å². The molecular formula is C14H31NO2. The fourth-order valence-electron chi connectivity index (χ4n) is 2.07. The van der Waals surface area contributed by atoms with Crippen molar-refractivity contribution in [1.29, 1.82) is 0 Å². The second-order valence-electron chi connectivity index (χ2n) is 4.77. The van der Waals surface area contributed by atoms with Crippen LogP contribution >= 0.6 is 0 Å². The number of hydrogen-bond donors (Lipinski definition) is 2. The molecule has 0 heterocycles. The molecule has 0 saturated carbocycles. The highest BCUT2D eigenvalue weighted by atomic mass is 16.3. The molecule has 0 radical (unpaired) electrons. The second-order valence-corrected chi connectivity index (χ2v) is 4.77. The van der Waals surface area contributed by atoms with Crippen molar-refractivity contribution < 1.29 is 10.2 Å². The van der Waals surface area contributed by atoms with Crippen LogP contribution in [0.15, 0.2) is 0 Å². The van der Waals surface area contributed by atoms with E-state index in [1.165, 1.54) is 19.3 Å². The van der Waals surface area contributed by atoms with Crippen LogP contribution in [0.3, 0.4) is 0 Å². The van der Waals surface area contributed by atoms with Gasteiger partial charge in [0.15, 0.2) is 0 Å². The second kappa shape index (κ2) is 12.3. The first-order valence-corrected chi connectivity index (χ1v) is 7.25. The Labute approximate surface area is 107 Å².